The lowest BCUT2D eigenvalue weighted by molar-refractivity contribution is 0.400. The lowest BCUT2D eigenvalue weighted by Gasteiger charge is -2.21. The lowest BCUT2D eigenvalue weighted by Crippen LogP contribution is -2.33. The van der Waals surface area contributed by atoms with Crippen molar-refractivity contribution in [2.75, 3.05) is 20.2 Å². The highest BCUT2D eigenvalue weighted by Gasteiger charge is 2.26. The van der Waals surface area contributed by atoms with Gasteiger partial charge in [-0.05, 0) is 48.4 Å². The maximum Gasteiger partial charge on any atom is 0.243 e. The van der Waals surface area contributed by atoms with Crippen molar-refractivity contribution in [1.82, 2.24) is 4.31 Å². The molecule has 0 radical (unpaired) electrons. The largest absolute Gasteiger partial charge is 0.496 e. The first-order valence-electron chi connectivity index (χ1n) is 9.83. The van der Waals surface area contributed by atoms with Crippen molar-refractivity contribution in [2.24, 2.45) is 0 Å². The van der Waals surface area contributed by atoms with E-state index >= 15 is 0 Å². The Balaban J connectivity index is 1.89. The molecule has 0 unspecified atom stereocenters. The third-order valence-electron chi connectivity index (χ3n) is 4.98. The van der Waals surface area contributed by atoms with E-state index < -0.39 is 19.9 Å². The Bertz CT molecular complexity index is 1240. The number of benzene rings is 3. The average Bonchev–Trinajstić information content (AvgIpc) is 2.80. The SMILES string of the molecule is CCN(CCc1ccccc1OC)S(=O)(=O)c1cccc(S(=O)(=O)c2ccccc2)c1. The van der Waals surface area contributed by atoms with Gasteiger partial charge < -0.3 is 4.74 Å². The number of sulfonamides is 1. The molecule has 0 fully saturated rings. The molecule has 0 saturated heterocycles. The molecular formula is C23H25NO5S2. The molecule has 0 heterocycles. The van der Waals surface area contributed by atoms with Crippen molar-refractivity contribution >= 4 is 19.9 Å². The van der Waals surface area contributed by atoms with Crippen LogP contribution in [-0.4, -0.2) is 41.3 Å². The summed E-state index contributed by atoms with van der Waals surface area (Å²) in [6.45, 7) is 2.26. The minimum absolute atomic E-state index is 0.0496. The summed E-state index contributed by atoms with van der Waals surface area (Å²) >= 11 is 0. The summed E-state index contributed by atoms with van der Waals surface area (Å²) in [4.78, 5) is 0.0139. The van der Waals surface area contributed by atoms with Crippen molar-refractivity contribution in [1.29, 1.82) is 0 Å². The fourth-order valence-corrected chi connectivity index (χ4v) is 6.19. The zero-order chi connectivity index (χ0) is 22.5. The van der Waals surface area contributed by atoms with Crippen LogP contribution < -0.4 is 4.74 Å². The van der Waals surface area contributed by atoms with Crippen molar-refractivity contribution in [2.45, 2.75) is 28.0 Å². The molecule has 3 aromatic rings. The molecule has 0 aliphatic rings. The highest BCUT2D eigenvalue weighted by atomic mass is 32.2. The zero-order valence-corrected chi connectivity index (χ0v) is 19.1. The predicted octanol–water partition coefficient (Wildman–Crippen LogP) is 3.78. The van der Waals surface area contributed by atoms with Gasteiger partial charge in [-0.2, -0.15) is 4.31 Å². The summed E-state index contributed by atoms with van der Waals surface area (Å²) in [6.07, 6.45) is 0.471. The molecule has 31 heavy (non-hydrogen) atoms. The van der Waals surface area contributed by atoms with Gasteiger partial charge in [0, 0.05) is 13.1 Å². The van der Waals surface area contributed by atoms with Gasteiger partial charge in [0.25, 0.3) is 0 Å². The molecule has 0 N–H and O–H groups in total. The Morgan fingerprint density at radius 2 is 1.39 bits per heavy atom. The number of likely N-dealkylation sites (N-methyl/N-ethyl adjacent to an activating group) is 1. The predicted molar refractivity (Wildman–Crippen MR) is 119 cm³/mol. The molecule has 0 atom stereocenters. The van der Waals surface area contributed by atoms with Crippen LogP contribution in [-0.2, 0) is 26.3 Å². The molecule has 8 heteroatoms. The maximum absolute atomic E-state index is 13.3. The topological polar surface area (TPSA) is 80.8 Å². The van der Waals surface area contributed by atoms with Gasteiger partial charge in [0.2, 0.25) is 19.9 Å². The maximum atomic E-state index is 13.3. The Labute approximate surface area is 184 Å². The fraction of sp³-hybridized carbons (Fsp3) is 0.217. The molecule has 0 spiro atoms. The van der Waals surface area contributed by atoms with Gasteiger partial charge >= 0.3 is 0 Å². The summed E-state index contributed by atoms with van der Waals surface area (Å²) in [5.41, 5.74) is 0.902. The van der Waals surface area contributed by atoms with Crippen LogP contribution in [0.3, 0.4) is 0 Å². The number of rotatable bonds is 9. The first-order valence-corrected chi connectivity index (χ1v) is 12.7. The lowest BCUT2D eigenvalue weighted by atomic mass is 10.1. The summed E-state index contributed by atoms with van der Waals surface area (Å²) in [5, 5.41) is 0. The second kappa shape index (κ2) is 9.64. The standard InChI is InChI=1S/C23H25NO5S2/c1-3-24(17-16-19-10-7-8-15-23(19)29-2)31(27,28)22-14-9-13-21(18-22)30(25,26)20-11-5-4-6-12-20/h4-15,18H,3,16-17H2,1-2H3. The van der Waals surface area contributed by atoms with Gasteiger partial charge in [-0.25, -0.2) is 16.8 Å². The van der Waals surface area contributed by atoms with Crippen LogP contribution in [0.15, 0.2) is 93.5 Å². The summed E-state index contributed by atoms with van der Waals surface area (Å²) in [5.74, 6) is 0.701. The third kappa shape index (κ3) is 4.98. The molecule has 0 aromatic heterocycles. The van der Waals surface area contributed by atoms with E-state index in [4.69, 9.17) is 4.74 Å². The fourth-order valence-electron chi connectivity index (χ4n) is 3.29. The molecule has 6 nitrogen and oxygen atoms in total. The Morgan fingerprint density at radius 3 is 2.06 bits per heavy atom. The molecule has 0 amide bonds. The number of nitrogens with zero attached hydrogens (tertiary/aromatic N) is 1. The number of para-hydroxylation sites is 1. The first kappa shape index (κ1) is 23.0. The average molecular weight is 460 g/mol. The van der Waals surface area contributed by atoms with Crippen molar-refractivity contribution < 1.29 is 21.6 Å². The van der Waals surface area contributed by atoms with Gasteiger partial charge in [-0.1, -0.05) is 49.4 Å². The summed E-state index contributed by atoms with van der Waals surface area (Å²) in [6, 6.07) is 20.9. The molecule has 0 aliphatic carbocycles. The van der Waals surface area contributed by atoms with Gasteiger partial charge in [0.1, 0.15) is 5.75 Å². The van der Waals surface area contributed by atoms with E-state index in [9.17, 15) is 16.8 Å². The minimum atomic E-state index is -3.88. The smallest absolute Gasteiger partial charge is 0.243 e. The number of methoxy groups -OCH3 is 1. The third-order valence-corrected chi connectivity index (χ3v) is 8.72. The molecule has 0 bridgehead atoms. The van der Waals surface area contributed by atoms with Crippen LogP contribution in [0.4, 0.5) is 0 Å². The number of ether oxygens (including phenoxy) is 1. The minimum Gasteiger partial charge on any atom is -0.496 e. The second-order valence-electron chi connectivity index (χ2n) is 6.85. The number of sulfone groups is 1. The van der Waals surface area contributed by atoms with Crippen LogP contribution in [0.2, 0.25) is 0 Å². The second-order valence-corrected chi connectivity index (χ2v) is 10.7. The van der Waals surface area contributed by atoms with Crippen LogP contribution in [0.5, 0.6) is 5.75 Å². The molecular weight excluding hydrogens is 434 g/mol. The van der Waals surface area contributed by atoms with Crippen molar-refractivity contribution in [3.8, 4) is 5.75 Å². The van der Waals surface area contributed by atoms with Crippen LogP contribution in [0.1, 0.15) is 12.5 Å². The van der Waals surface area contributed by atoms with Gasteiger partial charge in [-0.15, -0.1) is 0 Å². The van der Waals surface area contributed by atoms with E-state index in [2.05, 4.69) is 0 Å². The van der Waals surface area contributed by atoms with Crippen LogP contribution in [0, 0.1) is 0 Å². The quantitative estimate of drug-likeness (QED) is 0.486. The van der Waals surface area contributed by atoms with Crippen molar-refractivity contribution in [3.63, 3.8) is 0 Å². The van der Waals surface area contributed by atoms with E-state index in [0.717, 1.165) is 5.56 Å². The monoisotopic (exact) mass is 459 g/mol. The zero-order valence-electron chi connectivity index (χ0n) is 17.4. The Kier molecular flexibility index (Phi) is 7.15. The van der Waals surface area contributed by atoms with Gasteiger partial charge in [0.15, 0.2) is 0 Å². The van der Waals surface area contributed by atoms with Crippen molar-refractivity contribution in [3.05, 3.63) is 84.4 Å². The van der Waals surface area contributed by atoms with Gasteiger partial charge in [0.05, 0.1) is 21.8 Å². The van der Waals surface area contributed by atoms with E-state index in [1.807, 2.05) is 24.3 Å². The molecule has 3 rings (SSSR count). The van der Waals surface area contributed by atoms with Crippen LogP contribution >= 0.6 is 0 Å². The molecule has 3 aromatic carbocycles. The summed E-state index contributed by atoms with van der Waals surface area (Å²) in [7, 11) is -6.12. The molecule has 0 saturated carbocycles. The van der Waals surface area contributed by atoms with E-state index in [1.165, 1.54) is 40.7 Å². The molecule has 0 aliphatic heterocycles. The highest BCUT2D eigenvalue weighted by Crippen LogP contribution is 2.25. The summed E-state index contributed by atoms with van der Waals surface area (Å²) < 4.78 is 59.0. The highest BCUT2D eigenvalue weighted by molar-refractivity contribution is 7.91. The number of hydrogen-bond donors (Lipinski definition) is 0. The van der Waals surface area contributed by atoms with E-state index in [1.54, 1.807) is 32.2 Å². The Hall–Kier alpha value is -2.68. The number of hydrogen-bond acceptors (Lipinski definition) is 5. The van der Waals surface area contributed by atoms with E-state index in [0.29, 0.717) is 12.2 Å². The van der Waals surface area contributed by atoms with Gasteiger partial charge in [-0.3, -0.25) is 0 Å². The molecule has 164 valence electrons. The normalized spacial score (nSPS) is 12.1. The first-order chi connectivity index (χ1) is 14.8. The van der Waals surface area contributed by atoms with E-state index in [-0.39, 0.29) is 27.8 Å². The van der Waals surface area contributed by atoms with Crippen LogP contribution in [0.25, 0.3) is 0 Å². The Morgan fingerprint density at radius 1 is 0.774 bits per heavy atom.